The summed E-state index contributed by atoms with van der Waals surface area (Å²) >= 11 is 0. The Morgan fingerprint density at radius 2 is 1.70 bits per heavy atom. The van der Waals surface area contributed by atoms with Gasteiger partial charge in [0.1, 0.15) is 5.78 Å². The first-order chi connectivity index (χ1) is 14.5. The number of hydrogen-bond acceptors (Lipinski definition) is 4. The Bertz CT molecular complexity index is 1080. The average Bonchev–Trinajstić information content (AvgIpc) is 3.45. The third-order valence-corrected chi connectivity index (χ3v) is 6.29. The van der Waals surface area contributed by atoms with Crippen molar-refractivity contribution >= 4 is 5.78 Å². The number of hydrogen-bond donors (Lipinski definition) is 0. The molecule has 0 unspecified atom stereocenters. The molecule has 2 heterocycles. The van der Waals surface area contributed by atoms with Gasteiger partial charge in [0.25, 0.3) is 0 Å². The van der Waals surface area contributed by atoms with Crippen molar-refractivity contribution in [3.05, 3.63) is 77.6 Å². The van der Waals surface area contributed by atoms with Crippen LogP contribution in [-0.4, -0.2) is 17.6 Å². The van der Waals surface area contributed by atoms with Gasteiger partial charge < -0.3 is 9.47 Å². The van der Waals surface area contributed by atoms with Crippen molar-refractivity contribution in [2.75, 3.05) is 6.79 Å². The third-order valence-electron chi connectivity index (χ3n) is 6.29. The molecular formula is C26H25NO3. The Kier molecular flexibility index (Phi) is 4.58. The summed E-state index contributed by atoms with van der Waals surface area (Å²) in [6.45, 7) is 4.63. The van der Waals surface area contributed by atoms with Gasteiger partial charge in [0.05, 0.1) is 5.41 Å². The van der Waals surface area contributed by atoms with Gasteiger partial charge in [-0.05, 0) is 53.6 Å². The molecular weight excluding hydrogens is 374 g/mol. The van der Waals surface area contributed by atoms with E-state index in [0.717, 1.165) is 46.7 Å². The molecule has 1 aliphatic carbocycles. The minimum atomic E-state index is -0.395. The highest BCUT2D eigenvalue weighted by molar-refractivity contribution is 5.94. The van der Waals surface area contributed by atoms with E-state index >= 15 is 0 Å². The summed E-state index contributed by atoms with van der Waals surface area (Å²) in [7, 11) is 0. The molecule has 152 valence electrons. The molecule has 0 N–H and O–H groups in total. The maximum Gasteiger partial charge on any atom is 0.231 e. The lowest BCUT2D eigenvalue weighted by Crippen LogP contribution is -2.22. The zero-order valence-electron chi connectivity index (χ0n) is 17.4. The highest BCUT2D eigenvalue weighted by Gasteiger charge is 2.50. The van der Waals surface area contributed by atoms with Crippen LogP contribution >= 0.6 is 0 Å². The fourth-order valence-corrected chi connectivity index (χ4v) is 4.14. The largest absolute Gasteiger partial charge is 0.454 e. The van der Waals surface area contributed by atoms with Crippen molar-refractivity contribution in [2.24, 2.45) is 0 Å². The van der Waals surface area contributed by atoms with Crippen molar-refractivity contribution in [1.29, 1.82) is 0 Å². The maximum atomic E-state index is 13.1. The quantitative estimate of drug-likeness (QED) is 0.553. The minimum Gasteiger partial charge on any atom is -0.454 e. The average molecular weight is 399 g/mol. The van der Waals surface area contributed by atoms with Gasteiger partial charge in [-0.2, -0.15) is 0 Å². The van der Waals surface area contributed by atoms with Crippen LogP contribution in [0.1, 0.15) is 49.4 Å². The second-order valence-electron chi connectivity index (χ2n) is 8.57. The van der Waals surface area contributed by atoms with E-state index in [1.54, 1.807) is 0 Å². The second kappa shape index (κ2) is 7.28. The van der Waals surface area contributed by atoms with E-state index in [9.17, 15) is 4.79 Å². The molecule has 30 heavy (non-hydrogen) atoms. The number of ketones is 1. The Labute approximate surface area is 176 Å². The Balaban J connectivity index is 1.30. The molecule has 3 aromatic rings. The predicted molar refractivity (Wildman–Crippen MR) is 116 cm³/mol. The van der Waals surface area contributed by atoms with Crippen molar-refractivity contribution in [1.82, 2.24) is 4.98 Å². The van der Waals surface area contributed by atoms with Crippen LogP contribution in [0.4, 0.5) is 0 Å². The van der Waals surface area contributed by atoms with Crippen LogP contribution in [0, 0.1) is 0 Å². The smallest absolute Gasteiger partial charge is 0.231 e. The lowest BCUT2D eigenvalue weighted by molar-refractivity contribution is -0.120. The number of rotatable bonds is 6. The molecule has 1 aromatic heterocycles. The van der Waals surface area contributed by atoms with Crippen LogP contribution in [0.15, 0.2) is 60.8 Å². The highest BCUT2D eigenvalue weighted by Crippen LogP contribution is 2.51. The molecule has 2 aromatic carbocycles. The lowest BCUT2D eigenvalue weighted by atomic mass is 9.88. The second-order valence-corrected chi connectivity index (χ2v) is 8.57. The summed E-state index contributed by atoms with van der Waals surface area (Å²) in [5.74, 6) is 2.23. The van der Waals surface area contributed by atoms with Crippen molar-refractivity contribution in [3.8, 4) is 22.6 Å². The molecule has 2 aliphatic rings. The van der Waals surface area contributed by atoms with Crippen LogP contribution in [0.2, 0.25) is 0 Å². The normalized spacial score (nSPS) is 16.0. The molecule has 0 bridgehead atoms. The van der Waals surface area contributed by atoms with E-state index in [-0.39, 0.29) is 12.6 Å². The lowest BCUT2D eigenvalue weighted by Gasteiger charge is -2.15. The van der Waals surface area contributed by atoms with Gasteiger partial charge >= 0.3 is 0 Å². The summed E-state index contributed by atoms with van der Waals surface area (Å²) < 4.78 is 10.9. The number of Topliss-reactive ketones (excluding diaryl/α,β-unsaturated/α-hetero) is 1. The number of fused-ring (bicyclic) bond motifs is 1. The molecule has 0 saturated heterocycles. The van der Waals surface area contributed by atoms with Gasteiger partial charge in [0.2, 0.25) is 6.79 Å². The predicted octanol–water partition coefficient (Wildman–Crippen LogP) is 5.44. The first-order valence-electron chi connectivity index (χ1n) is 10.5. The minimum absolute atomic E-state index is 0.225. The van der Waals surface area contributed by atoms with Gasteiger partial charge in [-0.25, -0.2) is 0 Å². The fraction of sp³-hybridized carbons (Fsp3) is 0.308. The Morgan fingerprint density at radius 3 is 2.37 bits per heavy atom. The SMILES string of the molecule is CC(C)c1ccc(-c2ccc(CC(=O)C3(c4ccc5c(c4)OCO5)CC3)nc2)cc1. The molecule has 5 rings (SSSR count). The van der Waals surface area contributed by atoms with E-state index in [1.807, 2.05) is 30.5 Å². The van der Waals surface area contributed by atoms with E-state index < -0.39 is 5.41 Å². The van der Waals surface area contributed by atoms with Gasteiger partial charge in [0, 0.05) is 23.9 Å². The molecule has 0 amide bonds. The first kappa shape index (κ1) is 18.9. The third kappa shape index (κ3) is 3.36. The number of ether oxygens (including phenoxy) is 2. The van der Waals surface area contributed by atoms with Gasteiger partial charge in [0.15, 0.2) is 11.5 Å². The number of pyridine rings is 1. The van der Waals surface area contributed by atoms with Crippen LogP contribution < -0.4 is 9.47 Å². The number of benzene rings is 2. The van der Waals surface area contributed by atoms with Crippen molar-refractivity contribution in [3.63, 3.8) is 0 Å². The Hall–Kier alpha value is -3.14. The van der Waals surface area contributed by atoms with Crippen molar-refractivity contribution in [2.45, 2.75) is 44.4 Å². The summed E-state index contributed by atoms with van der Waals surface area (Å²) in [6, 6.07) is 18.5. The van der Waals surface area contributed by atoms with E-state index in [4.69, 9.17) is 9.47 Å². The van der Waals surface area contributed by atoms with Crippen LogP contribution in [0.25, 0.3) is 11.1 Å². The summed E-state index contributed by atoms with van der Waals surface area (Å²) in [5, 5.41) is 0. The molecule has 4 heteroatoms. The molecule has 1 fully saturated rings. The van der Waals surface area contributed by atoms with Gasteiger partial charge in [-0.3, -0.25) is 9.78 Å². The zero-order chi connectivity index (χ0) is 20.7. The van der Waals surface area contributed by atoms with Crippen LogP contribution in [0.5, 0.6) is 11.5 Å². The number of nitrogens with zero attached hydrogens (tertiary/aromatic N) is 1. The highest BCUT2D eigenvalue weighted by atomic mass is 16.7. The molecule has 0 atom stereocenters. The number of aromatic nitrogens is 1. The van der Waals surface area contributed by atoms with E-state index in [2.05, 4.69) is 49.2 Å². The van der Waals surface area contributed by atoms with Crippen LogP contribution in [0.3, 0.4) is 0 Å². The summed E-state index contributed by atoms with van der Waals surface area (Å²) in [5.41, 5.74) is 4.98. The maximum absolute atomic E-state index is 13.1. The molecule has 0 spiro atoms. The topological polar surface area (TPSA) is 48.4 Å². The van der Waals surface area contributed by atoms with E-state index in [0.29, 0.717) is 12.3 Å². The molecule has 4 nitrogen and oxygen atoms in total. The zero-order valence-corrected chi connectivity index (χ0v) is 17.4. The van der Waals surface area contributed by atoms with Crippen molar-refractivity contribution < 1.29 is 14.3 Å². The fourth-order valence-electron chi connectivity index (χ4n) is 4.14. The van der Waals surface area contributed by atoms with E-state index in [1.165, 1.54) is 5.56 Å². The van der Waals surface area contributed by atoms with Gasteiger partial charge in [-0.15, -0.1) is 0 Å². The number of carbonyl (C=O) groups excluding carboxylic acids is 1. The summed E-state index contributed by atoms with van der Waals surface area (Å²) in [6.07, 6.45) is 3.98. The number of carbonyl (C=O) groups is 1. The molecule has 0 radical (unpaired) electrons. The summed E-state index contributed by atoms with van der Waals surface area (Å²) in [4.78, 5) is 17.7. The Morgan fingerprint density at radius 1 is 0.967 bits per heavy atom. The van der Waals surface area contributed by atoms with Crippen LogP contribution in [-0.2, 0) is 16.6 Å². The molecule has 1 aliphatic heterocycles. The molecule has 1 saturated carbocycles. The van der Waals surface area contributed by atoms with Gasteiger partial charge in [-0.1, -0.05) is 50.2 Å². The first-order valence-corrected chi connectivity index (χ1v) is 10.5. The standard InChI is InChI=1S/C26H25NO3/c1-17(2)18-3-5-19(6-4-18)20-7-9-22(27-15-20)14-25(28)26(11-12-26)21-8-10-23-24(13-21)30-16-29-23/h3-10,13,15,17H,11-12,14,16H2,1-2H3. The monoisotopic (exact) mass is 399 g/mol.